The second-order valence-electron chi connectivity index (χ2n) is 3.07. The lowest BCUT2D eigenvalue weighted by molar-refractivity contribution is -0.00607. The van der Waals surface area contributed by atoms with Crippen molar-refractivity contribution in [3.8, 4) is 0 Å². The van der Waals surface area contributed by atoms with Gasteiger partial charge in [-0.15, -0.1) is 5.73 Å². The van der Waals surface area contributed by atoms with Crippen LogP contribution in [0.25, 0.3) is 0 Å². The number of allylic oxidation sites excluding steroid dienone is 1. The molecule has 1 aliphatic rings. The summed E-state index contributed by atoms with van der Waals surface area (Å²) >= 11 is 0. The number of aliphatic hydroxyl groups excluding tert-OH is 1. The lowest BCUT2D eigenvalue weighted by atomic mass is 9.90. The Morgan fingerprint density at radius 1 is 1.55 bits per heavy atom. The van der Waals surface area contributed by atoms with Gasteiger partial charge in [0.2, 0.25) is 0 Å². The van der Waals surface area contributed by atoms with Crippen LogP contribution >= 0.6 is 0 Å². The van der Waals surface area contributed by atoms with Gasteiger partial charge in [0.25, 0.3) is 0 Å². The molecule has 0 saturated heterocycles. The zero-order valence-electron chi connectivity index (χ0n) is 6.75. The third kappa shape index (κ3) is 2.19. The molecule has 0 heterocycles. The highest BCUT2D eigenvalue weighted by atomic mass is 16.3. The molecule has 0 amide bonds. The van der Waals surface area contributed by atoms with Gasteiger partial charge in [-0.05, 0) is 31.9 Å². The molecule has 11 heavy (non-hydrogen) atoms. The zero-order valence-corrected chi connectivity index (χ0v) is 6.75. The van der Waals surface area contributed by atoms with Crippen molar-refractivity contribution in [3.05, 3.63) is 17.9 Å². The molecule has 3 N–H and O–H groups in total. The summed E-state index contributed by atoms with van der Waals surface area (Å²) in [6.45, 7) is 1.68. The highest BCUT2D eigenvalue weighted by Gasteiger charge is 2.26. The summed E-state index contributed by atoms with van der Waals surface area (Å²) in [5.41, 5.74) is 2.99. The van der Waals surface area contributed by atoms with Crippen molar-refractivity contribution >= 4 is 0 Å². The molecule has 2 nitrogen and oxygen atoms in total. The average molecular weight is 155 g/mol. The van der Waals surface area contributed by atoms with E-state index in [4.69, 9.17) is 10.2 Å². The van der Waals surface area contributed by atoms with Gasteiger partial charge in [0, 0.05) is 5.92 Å². The maximum Gasteiger partial charge on any atom is 0.183 e. The topological polar surface area (TPSA) is 43.1 Å². The molecule has 0 spiro atoms. The SMILES string of the molecule is CC(O)C([OH2+])C1CC=C=CC1. The van der Waals surface area contributed by atoms with Gasteiger partial charge in [-0.1, -0.05) is 0 Å². The van der Waals surface area contributed by atoms with Crippen LogP contribution in [0.1, 0.15) is 19.8 Å². The minimum absolute atomic E-state index is 0.288. The van der Waals surface area contributed by atoms with Gasteiger partial charge in [-0.2, -0.15) is 0 Å². The maximum atomic E-state index is 9.14. The molecule has 62 valence electrons. The second-order valence-corrected chi connectivity index (χ2v) is 3.07. The molecule has 0 aromatic heterocycles. The molecule has 0 aliphatic heterocycles. The summed E-state index contributed by atoms with van der Waals surface area (Å²) in [6, 6.07) is 0. The molecule has 0 fully saturated rings. The van der Waals surface area contributed by atoms with Gasteiger partial charge in [0.15, 0.2) is 6.10 Å². The van der Waals surface area contributed by atoms with E-state index in [-0.39, 0.29) is 12.0 Å². The molecule has 0 bridgehead atoms. The normalized spacial score (nSPS) is 23.5. The van der Waals surface area contributed by atoms with Gasteiger partial charge in [-0.25, -0.2) is 0 Å². The van der Waals surface area contributed by atoms with Crippen molar-refractivity contribution in [1.82, 2.24) is 0 Å². The second kappa shape index (κ2) is 3.72. The minimum atomic E-state index is -0.514. The quantitative estimate of drug-likeness (QED) is 0.460. The van der Waals surface area contributed by atoms with Gasteiger partial charge in [0.1, 0.15) is 6.10 Å². The first-order valence-corrected chi connectivity index (χ1v) is 4.00. The average Bonchev–Trinajstić information content (AvgIpc) is 2.05. The van der Waals surface area contributed by atoms with E-state index < -0.39 is 6.10 Å². The first-order chi connectivity index (χ1) is 5.22. The van der Waals surface area contributed by atoms with Crippen molar-refractivity contribution in [3.63, 3.8) is 0 Å². The molecule has 2 atom stereocenters. The predicted molar refractivity (Wildman–Crippen MR) is 44.5 cm³/mol. The Kier molecular flexibility index (Phi) is 2.89. The van der Waals surface area contributed by atoms with E-state index in [9.17, 15) is 0 Å². The van der Waals surface area contributed by atoms with Crippen molar-refractivity contribution in [1.29, 1.82) is 0 Å². The summed E-state index contributed by atoms with van der Waals surface area (Å²) in [4.78, 5) is 0. The first-order valence-electron chi connectivity index (χ1n) is 4.00. The van der Waals surface area contributed by atoms with Crippen molar-refractivity contribution in [2.24, 2.45) is 5.92 Å². The number of hydrogen-bond donors (Lipinski definition) is 1. The van der Waals surface area contributed by atoms with E-state index in [2.05, 4.69) is 5.73 Å². The summed E-state index contributed by atoms with van der Waals surface area (Å²) in [6.07, 6.45) is 4.80. The van der Waals surface area contributed by atoms with E-state index in [1.165, 1.54) is 0 Å². The first kappa shape index (κ1) is 8.54. The summed E-state index contributed by atoms with van der Waals surface area (Å²) in [5.74, 6) is 0.288. The van der Waals surface area contributed by atoms with E-state index >= 15 is 0 Å². The largest absolute Gasteiger partial charge is 0.441 e. The number of aliphatic hydroxyl groups is 1. The summed E-state index contributed by atoms with van der Waals surface area (Å²) in [7, 11) is 0. The van der Waals surface area contributed by atoms with Crippen LogP contribution < -0.4 is 0 Å². The highest BCUT2D eigenvalue weighted by Crippen LogP contribution is 2.19. The maximum absolute atomic E-state index is 9.14. The molecule has 1 aliphatic carbocycles. The molecule has 2 unspecified atom stereocenters. The predicted octanol–water partition coefficient (Wildman–Crippen LogP) is 0.582. The minimum Gasteiger partial charge on any atom is -0.441 e. The molecular formula is C9H15O2+. The van der Waals surface area contributed by atoms with Crippen LogP contribution in [0.2, 0.25) is 0 Å². The van der Waals surface area contributed by atoms with Crippen LogP contribution in [0, 0.1) is 5.92 Å². The van der Waals surface area contributed by atoms with Crippen molar-refractivity contribution < 1.29 is 10.2 Å². The monoisotopic (exact) mass is 155 g/mol. The van der Waals surface area contributed by atoms with Gasteiger partial charge in [0.05, 0.1) is 0 Å². The Balaban J connectivity index is 2.44. The number of rotatable bonds is 2. The molecule has 2 heteroatoms. The third-order valence-electron chi connectivity index (χ3n) is 2.10. The van der Waals surface area contributed by atoms with Crippen LogP contribution in [0.3, 0.4) is 0 Å². The Morgan fingerprint density at radius 3 is 2.55 bits per heavy atom. The van der Waals surface area contributed by atoms with Gasteiger partial charge < -0.3 is 10.2 Å². The lowest BCUT2D eigenvalue weighted by Crippen LogP contribution is -2.31. The lowest BCUT2D eigenvalue weighted by Gasteiger charge is -2.19. The van der Waals surface area contributed by atoms with E-state index in [0.717, 1.165) is 12.8 Å². The van der Waals surface area contributed by atoms with E-state index in [1.54, 1.807) is 6.92 Å². The Bertz CT molecular complexity index is 168. The molecular weight excluding hydrogens is 140 g/mol. The van der Waals surface area contributed by atoms with Crippen LogP contribution in [-0.4, -0.2) is 22.4 Å². The Labute approximate surface area is 66.9 Å². The zero-order chi connectivity index (χ0) is 8.27. The number of hydrogen-bond acceptors (Lipinski definition) is 1. The Morgan fingerprint density at radius 2 is 2.09 bits per heavy atom. The Hall–Kier alpha value is -0.560. The third-order valence-corrected chi connectivity index (χ3v) is 2.10. The fourth-order valence-corrected chi connectivity index (χ4v) is 1.31. The van der Waals surface area contributed by atoms with Gasteiger partial charge in [-0.3, -0.25) is 0 Å². The van der Waals surface area contributed by atoms with Crippen molar-refractivity contribution in [2.45, 2.75) is 32.0 Å². The van der Waals surface area contributed by atoms with E-state index in [1.807, 2.05) is 12.2 Å². The van der Waals surface area contributed by atoms with Gasteiger partial charge >= 0.3 is 0 Å². The van der Waals surface area contributed by atoms with Crippen LogP contribution in [-0.2, 0) is 0 Å². The molecule has 0 aromatic rings. The molecule has 0 radical (unpaired) electrons. The molecule has 1 rings (SSSR count). The standard InChI is InChI=1S/C9H14O2/c1-7(10)9(11)8-5-3-2-4-6-8/h3-4,7-11H,5-6H2,1H3/p+1. The fourth-order valence-electron chi connectivity index (χ4n) is 1.31. The summed E-state index contributed by atoms with van der Waals surface area (Å²) in [5, 5.41) is 16.7. The van der Waals surface area contributed by atoms with Crippen LogP contribution in [0.4, 0.5) is 0 Å². The van der Waals surface area contributed by atoms with Crippen molar-refractivity contribution in [2.75, 3.05) is 0 Å². The molecule has 0 aromatic carbocycles. The molecule has 0 saturated carbocycles. The van der Waals surface area contributed by atoms with Crippen LogP contribution in [0.15, 0.2) is 17.9 Å². The highest BCUT2D eigenvalue weighted by molar-refractivity contribution is 4.96. The van der Waals surface area contributed by atoms with E-state index in [0.29, 0.717) is 0 Å². The smallest absolute Gasteiger partial charge is 0.183 e. The fraction of sp³-hybridized carbons (Fsp3) is 0.667. The van der Waals surface area contributed by atoms with Crippen LogP contribution in [0.5, 0.6) is 0 Å². The summed E-state index contributed by atoms with van der Waals surface area (Å²) < 4.78 is 0.